The molecule has 0 fully saturated rings. The minimum absolute atomic E-state index is 0.413. The van der Waals surface area contributed by atoms with Crippen LogP contribution in [0.15, 0.2) is 24.3 Å². The Labute approximate surface area is 77.4 Å². The second kappa shape index (κ2) is 3.94. The SMILES string of the molecule is CC(C)c1cccc(NC(=O)O)c1. The van der Waals surface area contributed by atoms with Gasteiger partial charge < -0.3 is 5.11 Å². The highest BCUT2D eigenvalue weighted by Crippen LogP contribution is 2.18. The number of hydrogen-bond donors (Lipinski definition) is 2. The van der Waals surface area contributed by atoms with Crippen molar-refractivity contribution in [3.05, 3.63) is 29.8 Å². The molecular weight excluding hydrogens is 166 g/mol. The Balaban J connectivity index is 2.85. The molecule has 1 aromatic rings. The first kappa shape index (κ1) is 9.58. The van der Waals surface area contributed by atoms with E-state index in [1.807, 2.05) is 18.2 Å². The zero-order chi connectivity index (χ0) is 9.84. The Morgan fingerprint density at radius 1 is 1.46 bits per heavy atom. The van der Waals surface area contributed by atoms with E-state index in [1.165, 1.54) is 0 Å². The number of amides is 1. The maximum atomic E-state index is 10.3. The summed E-state index contributed by atoms with van der Waals surface area (Å²) < 4.78 is 0. The molecule has 0 aliphatic rings. The fourth-order valence-corrected chi connectivity index (χ4v) is 1.10. The quantitative estimate of drug-likeness (QED) is 0.733. The van der Waals surface area contributed by atoms with Crippen LogP contribution in [0.4, 0.5) is 10.5 Å². The molecule has 0 heterocycles. The predicted octanol–water partition coefficient (Wildman–Crippen LogP) is 2.90. The zero-order valence-electron chi connectivity index (χ0n) is 7.74. The molecule has 0 saturated carbocycles. The van der Waals surface area contributed by atoms with E-state index in [0.29, 0.717) is 11.6 Å². The van der Waals surface area contributed by atoms with Crippen LogP contribution in [0.25, 0.3) is 0 Å². The Kier molecular flexibility index (Phi) is 2.90. The van der Waals surface area contributed by atoms with Crippen molar-refractivity contribution in [3.63, 3.8) is 0 Å². The molecule has 0 atom stereocenters. The molecule has 3 nitrogen and oxygen atoms in total. The molecule has 0 aliphatic carbocycles. The number of benzene rings is 1. The lowest BCUT2D eigenvalue weighted by molar-refractivity contribution is 0.210. The summed E-state index contributed by atoms with van der Waals surface area (Å²) in [5.74, 6) is 0.413. The van der Waals surface area contributed by atoms with Gasteiger partial charge in [-0.05, 0) is 23.6 Å². The molecule has 0 aromatic heterocycles. The van der Waals surface area contributed by atoms with E-state index in [1.54, 1.807) is 6.07 Å². The van der Waals surface area contributed by atoms with E-state index in [9.17, 15) is 4.79 Å². The van der Waals surface area contributed by atoms with Gasteiger partial charge in [0.05, 0.1) is 0 Å². The van der Waals surface area contributed by atoms with Gasteiger partial charge >= 0.3 is 6.09 Å². The lowest BCUT2D eigenvalue weighted by Crippen LogP contribution is -2.07. The highest BCUT2D eigenvalue weighted by molar-refractivity contribution is 5.82. The number of hydrogen-bond acceptors (Lipinski definition) is 1. The Morgan fingerprint density at radius 2 is 2.15 bits per heavy atom. The van der Waals surface area contributed by atoms with Gasteiger partial charge in [0, 0.05) is 5.69 Å². The summed E-state index contributed by atoms with van der Waals surface area (Å²) in [4.78, 5) is 10.3. The van der Waals surface area contributed by atoms with Gasteiger partial charge in [-0.25, -0.2) is 4.79 Å². The molecule has 0 aliphatic heterocycles. The van der Waals surface area contributed by atoms with E-state index < -0.39 is 6.09 Å². The first-order valence-corrected chi connectivity index (χ1v) is 4.19. The Hall–Kier alpha value is -1.51. The lowest BCUT2D eigenvalue weighted by atomic mass is 10.0. The third-order valence-electron chi connectivity index (χ3n) is 1.80. The van der Waals surface area contributed by atoms with E-state index >= 15 is 0 Å². The summed E-state index contributed by atoms with van der Waals surface area (Å²) in [6.45, 7) is 4.14. The van der Waals surface area contributed by atoms with Crippen LogP contribution in [0.1, 0.15) is 25.3 Å². The van der Waals surface area contributed by atoms with Crippen LogP contribution < -0.4 is 5.32 Å². The third-order valence-corrected chi connectivity index (χ3v) is 1.80. The van der Waals surface area contributed by atoms with Crippen LogP contribution in [-0.2, 0) is 0 Å². The molecule has 1 amide bonds. The van der Waals surface area contributed by atoms with Gasteiger partial charge in [0.1, 0.15) is 0 Å². The highest BCUT2D eigenvalue weighted by Gasteiger charge is 2.01. The van der Waals surface area contributed by atoms with Crippen LogP contribution in [0.2, 0.25) is 0 Å². The van der Waals surface area contributed by atoms with Gasteiger partial charge in [-0.3, -0.25) is 5.32 Å². The van der Waals surface area contributed by atoms with Gasteiger partial charge in [-0.1, -0.05) is 26.0 Å². The highest BCUT2D eigenvalue weighted by atomic mass is 16.4. The predicted molar refractivity (Wildman–Crippen MR) is 52.2 cm³/mol. The fraction of sp³-hybridized carbons (Fsp3) is 0.300. The van der Waals surface area contributed by atoms with Crippen LogP contribution in [0.5, 0.6) is 0 Å². The number of anilines is 1. The van der Waals surface area contributed by atoms with Crippen molar-refractivity contribution in [1.29, 1.82) is 0 Å². The summed E-state index contributed by atoms with van der Waals surface area (Å²) in [7, 11) is 0. The first-order valence-electron chi connectivity index (χ1n) is 4.19. The third kappa shape index (κ3) is 2.78. The number of nitrogens with one attached hydrogen (secondary N) is 1. The fourth-order valence-electron chi connectivity index (χ4n) is 1.10. The monoisotopic (exact) mass is 179 g/mol. The van der Waals surface area contributed by atoms with E-state index in [2.05, 4.69) is 19.2 Å². The summed E-state index contributed by atoms with van der Waals surface area (Å²) in [5, 5.41) is 10.8. The van der Waals surface area contributed by atoms with Gasteiger partial charge in [-0.2, -0.15) is 0 Å². The normalized spacial score (nSPS) is 10.1. The second-order valence-corrected chi connectivity index (χ2v) is 3.21. The van der Waals surface area contributed by atoms with Gasteiger partial charge in [0.15, 0.2) is 0 Å². The van der Waals surface area contributed by atoms with Gasteiger partial charge in [0.25, 0.3) is 0 Å². The molecular formula is C10H13NO2. The summed E-state index contributed by atoms with van der Waals surface area (Å²) in [6.07, 6.45) is -1.03. The molecule has 0 unspecified atom stereocenters. The molecule has 1 rings (SSSR count). The molecule has 0 spiro atoms. The molecule has 0 saturated heterocycles. The summed E-state index contributed by atoms with van der Waals surface area (Å²) >= 11 is 0. The van der Waals surface area contributed by atoms with Crippen molar-refractivity contribution < 1.29 is 9.90 Å². The van der Waals surface area contributed by atoms with Crippen LogP contribution in [-0.4, -0.2) is 11.2 Å². The number of carbonyl (C=O) groups is 1. The minimum atomic E-state index is -1.03. The Morgan fingerprint density at radius 3 is 2.69 bits per heavy atom. The molecule has 2 N–H and O–H groups in total. The zero-order valence-corrected chi connectivity index (χ0v) is 7.74. The van der Waals surface area contributed by atoms with Crippen LogP contribution in [0, 0.1) is 0 Å². The second-order valence-electron chi connectivity index (χ2n) is 3.21. The largest absolute Gasteiger partial charge is 0.465 e. The standard InChI is InChI=1S/C10H13NO2/c1-7(2)8-4-3-5-9(6-8)11-10(12)13/h3-7,11H,1-2H3,(H,12,13). The van der Waals surface area contributed by atoms with Gasteiger partial charge in [0.2, 0.25) is 0 Å². The minimum Gasteiger partial charge on any atom is -0.465 e. The smallest absolute Gasteiger partial charge is 0.409 e. The van der Waals surface area contributed by atoms with Crippen molar-refractivity contribution >= 4 is 11.8 Å². The van der Waals surface area contributed by atoms with Crippen molar-refractivity contribution in [2.45, 2.75) is 19.8 Å². The Bertz CT molecular complexity index is 308. The molecule has 3 heteroatoms. The average molecular weight is 179 g/mol. The summed E-state index contributed by atoms with van der Waals surface area (Å²) in [6, 6.07) is 7.41. The van der Waals surface area contributed by atoms with Crippen molar-refractivity contribution in [3.8, 4) is 0 Å². The van der Waals surface area contributed by atoms with Crippen LogP contribution >= 0.6 is 0 Å². The summed E-state index contributed by atoms with van der Waals surface area (Å²) in [5.41, 5.74) is 1.75. The number of carboxylic acid groups (broad SMARTS) is 1. The average Bonchev–Trinajstić information content (AvgIpc) is 2.03. The van der Waals surface area contributed by atoms with E-state index in [-0.39, 0.29) is 0 Å². The van der Waals surface area contributed by atoms with E-state index in [4.69, 9.17) is 5.11 Å². The maximum absolute atomic E-state index is 10.3. The number of rotatable bonds is 2. The van der Waals surface area contributed by atoms with Crippen molar-refractivity contribution in [2.75, 3.05) is 5.32 Å². The lowest BCUT2D eigenvalue weighted by Gasteiger charge is -2.07. The first-order chi connectivity index (χ1) is 6.09. The van der Waals surface area contributed by atoms with Gasteiger partial charge in [-0.15, -0.1) is 0 Å². The maximum Gasteiger partial charge on any atom is 0.409 e. The molecule has 0 bridgehead atoms. The molecule has 0 radical (unpaired) electrons. The molecule has 1 aromatic carbocycles. The van der Waals surface area contributed by atoms with Crippen molar-refractivity contribution in [2.24, 2.45) is 0 Å². The van der Waals surface area contributed by atoms with E-state index in [0.717, 1.165) is 5.56 Å². The molecule has 13 heavy (non-hydrogen) atoms. The molecule has 70 valence electrons. The van der Waals surface area contributed by atoms with Crippen molar-refractivity contribution in [1.82, 2.24) is 0 Å². The topological polar surface area (TPSA) is 49.3 Å². The van der Waals surface area contributed by atoms with Crippen LogP contribution in [0.3, 0.4) is 0 Å².